The summed E-state index contributed by atoms with van der Waals surface area (Å²) in [5.74, 6) is 0.522. The van der Waals surface area contributed by atoms with Crippen LogP contribution in [0.25, 0.3) is 27.7 Å². The van der Waals surface area contributed by atoms with E-state index in [9.17, 15) is 4.79 Å². The Morgan fingerprint density at radius 1 is 1.06 bits per heavy atom. The minimum atomic E-state index is -0.185. The molecule has 0 aliphatic carbocycles. The molecule has 0 aliphatic rings. The monoisotopic (exact) mass is 457 g/mol. The lowest BCUT2D eigenvalue weighted by molar-refractivity contribution is -0.111. The van der Waals surface area contributed by atoms with E-state index in [1.165, 1.54) is 5.56 Å². The maximum Gasteiger partial charge on any atom is 0.248 e. The van der Waals surface area contributed by atoms with Crippen molar-refractivity contribution in [1.82, 2.24) is 0 Å². The molecule has 0 saturated heterocycles. The van der Waals surface area contributed by atoms with Crippen LogP contribution in [0, 0.1) is 13.8 Å². The fourth-order valence-electron chi connectivity index (χ4n) is 3.96. The van der Waals surface area contributed by atoms with Gasteiger partial charge in [-0.25, -0.2) is 0 Å². The van der Waals surface area contributed by atoms with Crippen LogP contribution in [0.1, 0.15) is 23.6 Å². The Balaban J connectivity index is 1.72. The van der Waals surface area contributed by atoms with E-state index in [2.05, 4.69) is 36.5 Å². The molecule has 0 atom stereocenters. The second-order valence-electron chi connectivity index (χ2n) is 8.02. The molecule has 1 heterocycles. The molecule has 0 unspecified atom stereocenters. The average Bonchev–Trinajstić information content (AvgIpc) is 3.24. The summed E-state index contributed by atoms with van der Waals surface area (Å²) in [7, 11) is 1.64. The van der Waals surface area contributed by atoms with Crippen molar-refractivity contribution in [3.05, 3.63) is 83.6 Å². The first-order valence-electron chi connectivity index (χ1n) is 10.7. The topological polar surface area (TPSA) is 51.5 Å². The van der Waals surface area contributed by atoms with E-state index < -0.39 is 0 Å². The molecule has 4 rings (SSSR count). The Morgan fingerprint density at radius 2 is 1.76 bits per heavy atom. The van der Waals surface area contributed by atoms with Gasteiger partial charge in [0.25, 0.3) is 0 Å². The van der Waals surface area contributed by atoms with Crippen molar-refractivity contribution >= 4 is 39.9 Å². The van der Waals surface area contributed by atoms with Crippen molar-refractivity contribution in [1.29, 1.82) is 0 Å². The number of amides is 1. The van der Waals surface area contributed by atoms with Gasteiger partial charge in [0.1, 0.15) is 11.3 Å². The van der Waals surface area contributed by atoms with Crippen molar-refractivity contribution in [2.75, 3.05) is 18.7 Å². The molecule has 0 fully saturated rings. The number of benzene rings is 3. The summed E-state index contributed by atoms with van der Waals surface area (Å²) in [6, 6.07) is 18.2. The maximum atomic E-state index is 12.7. The van der Waals surface area contributed by atoms with Crippen LogP contribution in [-0.4, -0.2) is 19.3 Å². The quantitative estimate of drug-likeness (QED) is 0.241. The first-order chi connectivity index (χ1) is 15.9. The first kappa shape index (κ1) is 22.7. The molecule has 5 heteroatoms. The van der Waals surface area contributed by atoms with E-state index in [4.69, 9.17) is 9.15 Å². The third-order valence-corrected chi connectivity index (χ3v) is 6.48. The van der Waals surface area contributed by atoms with Crippen molar-refractivity contribution in [2.24, 2.45) is 0 Å². The van der Waals surface area contributed by atoms with Gasteiger partial charge in [-0.15, -0.1) is 11.8 Å². The summed E-state index contributed by atoms with van der Waals surface area (Å²) in [4.78, 5) is 13.9. The zero-order valence-electron chi connectivity index (χ0n) is 19.5. The summed E-state index contributed by atoms with van der Waals surface area (Å²) < 4.78 is 11.7. The zero-order chi connectivity index (χ0) is 23.5. The SMILES string of the molecule is COc1c(/C(C)=C/C(=O)Nc2ccc(SC)cc2)cc2c(-c3ccc(C)cc3)coc2c1C. The van der Waals surface area contributed by atoms with E-state index in [0.717, 1.165) is 49.4 Å². The van der Waals surface area contributed by atoms with Crippen LogP contribution in [0.4, 0.5) is 5.69 Å². The number of carbonyl (C=O) groups is 1. The number of hydrogen-bond donors (Lipinski definition) is 1. The highest BCUT2D eigenvalue weighted by molar-refractivity contribution is 7.98. The largest absolute Gasteiger partial charge is 0.496 e. The highest BCUT2D eigenvalue weighted by atomic mass is 32.2. The van der Waals surface area contributed by atoms with Crippen molar-refractivity contribution < 1.29 is 13.9 Å². The van der Waals surface area contributed by atoms with Crippen molar-refractivity contribution in [3.8, 4) is 16.9 Å². The van der Waals surface area contributed by atoms with E-state index in [1.807, 2.05) is 50.4 Å². The van der Waals surface area contributed by atoms with Gasteiger partial charge in [0, 0.05) is 38.7 Å². The van der Waals surface area contributed by atoms with Gasteiger partial charge >= 0.3 is 0 Å². The number of ether oxygens (including phenoxy) is 1. The average molecular weight is 458 g/mol. The molecule has 1 amide bonds. The minimum absolute atomic E-state index is 0.185. The maximum absolute atomic E-state index is 12.7. The third kappa shape index (κ3) is 4.69. The van der Waals surface area contributed by atoms with Gasteiger partial charge in [-0.2, -0.15) is 0 Å². The fourth-order valence-corrected chi connectivity index (χ4v) is 4.36. The number of thioether (sulfide) groups is 1. The van der Waals surface area contributed by atoms with Gasteiger partial charge < -0.3 is 14.5 Å². The number of allylic oxidation sites excluding steroid dienone is 1. The van der Waals surface area contributed by atoms with Crippen LogP contribution in [0.5, 0.6) is 5.75 Å². The molecule has 1 aromatic heterocycles. The molecule has 4 aromatic rings. The van der Waals surface area contributed by atoms with E-state index in [1.54, 1.807) is 31.2 Å². The molecular weight excluding hydrogens is 430 g/mol. The molecule has 1 N–H and O–H groups in total. The van der Waals surface area contributed by atoms with Crippen LogP contribution in [0.2, 0.25) is 0 Å². The Labute approximate surface area is 198 Å². The van der Waals surface area contributed by atoms with Gasteiger partial charge in [0.15, 0.2) is 0 Å². The number of aryl methyl sites for hydroxylation is 2. The second kappa shape index (κ2) is 9.59. The number of hydrogen-bond acceptors (Lipinski definition) is 4. The van der Waals surface area contributed by atoms with E-state index in [0.29, 0.717) is 5.75 Å². The third-order valence-electron chi connectivity index (χ3n) is 5.74. The molecule has 0 radical (unpaired) electrons. The van der Waals surface area contributed by atoms with Gasteiger partial charge in [-0.3, -0.25) is 4.79 Å². The Kier molecular flexibility index (Phi) is 6.61. The summed E-state index contributed by atoms with van der Waals surface area (Å²) in [6.07, 6.45) is 5.42. The summed E-state index contributed by atoms with van der Waals surface area (Å²) in [5.41, 5.74) is 7.44. The summed E-state index contributed by atoms with van der Waals surface area (Å²) in [5, 5.41) is 3.93. The van der Waals surface area contributed by atoms with E-state index >= 15 is 0 Å². The zero-order valence-corrected chi connectivity index (χ0v) is 20.3. The lowest BCUT2D eigenvalue weighted by Crippen LogP contribution is -2.08. The Morgan fingerprint density at radius 3 is 2.39 bits per heavy atom. The lowest BCUT2D eigenvalue weighted by atomic mass is 9.96. The molecule has 33 heavy (non-hydrogen) atoms. The standard InChI is InChI=1S/C28H27NO3S/c1-17-6-8-20(9-7-17)25-16-32-28-19(3)27(31-4)23(15-24(25)28)18(2)14-26(30)29-21-10-12-22(33-5)13-11-21/h6-16H,1-5H3,(H,29,30)/b18-14+. The highest BCUT2D eigenvalue weighted by Crippen LogP contribution is 2.40. The molecular formula is C28H27NO3S. The fraction of sp³-hybridized carbons (Fsp3) is 0.179. The van der Waals surface area contributed by atoms with Gasteiger partial charge in [-0.05, 0) is 68.5 Å². The van der Waals surface area contributed by atoms with Crippen molar-refractivity contribution in [2.45, 2.75) is 25.7 Å². The molecule has 0 spiro atoms. The predicted molar refractivity (Wildman–Crippen MR) is 138 cm³/mol. The van der Waals surface area contributed by atoms with Crippen molar-refractivity contribution in [3.63, 3.8) is 0 Å². The number of fused-ring (bicyclic) bond motifs is 1. The summed E-state index contributed by atoms with van der Waals surface area (Å²) >= 11 is 1.67. The number of carbonyl (C=O) groups excluding carboxylic acids is 1. The van der Waals surface area contributed by atoms with Crippen LogP contribution < -0.4 is 10.1 Å². The van der Waals surface area contributed by atoms with Crippen LogP contribution in [-0.2, 0) is 4.79 Å². The van der Waals surface area contributed by atoms with Gasteiger partial charge in [0.05, 0.1) is 13.4 Å². The number of rotatable bonds is 6. The second-order valence-corrected chi connectivity index (χ2v) is 8.90. The molecule has 0 saturated carbocycles. The van der Waals surface area contributed by atoms with Crippen LogP contribution in [0.15, 0.2) is 76.2 Å². The minimum Gasteiger partial charge on any atom is -0.496 e. The lowest BCUT2D eigenvalue weighted by Gasteiger charge is -2.13. The molecule has 0 aliphatic heterocycles. The Bertz CT molecular complexity index is 1330. The normalized spacial score (nSPS) is 11.6. The number of nitrogens with one attached hydrogen (secondary N) is 1. The van der Waals surface area contributed by atoms with Gasteiger partial charge in [0.2, 0.25) is 5.91 Å². The molecule has 4 nitrogen and oxygen atoms in total. The number of furan rings is 1. The first-order valence-corrected chi connectivity index (χ1v) is 11.9. The number of methoxy groups -OCH3 is 1. The predicted octanol–water partition coefficient (Wildman–Crippen LogP) is 7.49. The van der Waals surface area contributed by atoms with E-state index in [-0.39, 0.29) is 5.91 Å². The van der Waals surface area contributed by atoms with Crippen LogP contribution >= 0.6 is 11.8 Å². The Hall–Kier alpha value is -3.44. The highest BCUT2D eigenvalue weighted by Gasteiger charge is 2.18. The molecule has 168 valence electrons. The molecule has 0 bridgehead atoms. The molecule has 3 aromatic carbocycles. The smallest absolute Gasteiger partial charge is 0.248 e. The van der Waals surface area contributed by atoms with Gasteiger partial charge in [-0.1, -0.05) is 29.8 Å². The van der Waals surface area contributed by atoms with Crippen LogP contribution in [0.3, 0.4) is 0 Å². The summed E-state index contributed by atoms with van der Waals surface area (Å²) in [6.45, 7) is 5.97. The number of anilines is 1.